The summed E-state index contributed by atoms with van der Waals surface area (Å²) in [5.74, 6) is 0.848. The molecule has 2 rings (SSSR count). The molecule has 0 aliphatic heterocycles. The van der Waals surface area contributed by atoms with Crippen LogP contribution in [-0.4, -0.2) is 22.1 Å². The molecule has 1 heterocycles. The van der Waals surface area contributed by atoms with Crippen LogP contribution in [0.5, 0.6) is 0 Å². The molecule has 0 saturated carbocycles. The molecule has 122 valence electrons. The fourth-order valence-corrected chi connectivity index (χ4v) is 2.88. The lowest BCUT2D eigenvalue weighted by Crippen LogP contribution is -2.17. The van der Waals surface area contributed by atoms with E-state index in [1.807, 2.05) is 51.3 Å². The minimum atomic E-state index is -0.161. The van der Waals surface area contributed by atoms with Gasteiger partial charge >= 0.3 is 0 Å². The van der Waals surface area contributed by atoms with E-state index in [1.54, 1.807) is 0 Å². The molecule has 1 N–H and O–H groups in total. The van der Waals surface area contributed by atoms with Gasteiger partial charge in [0.05, 0.1) is 11.3 Å². The first-order chi connectivity index (χ1) is 11.0. The zero-order chi connectivity index (χ0) is 17.0. The van der Waals surface area contributed by atoms with Crippen molar-refractivity contribution < 1.29 is 4.79 Å². The lowest BCUT2D eigenvalue weighted by Gasteiger charge is -2.13. The maximum absolute atomic E-state index is 12.6. The van der Waals surface area contributed by atoms with Gasteiger partial charge in [0.15, 0.2) is 0 Å². The molecule has 0 atom stereocenters. The van der Waals surface area contributed by atoms with E-state index in [1.165, 1.54) is 17.3 Å². The second kappa shape index (κ2) is 7.59. The third kappa shape index (κ3) is 4.10. The Morgan fingerprint density at radius 1 is 1.22 bits per heavy atom. The van der Waals surface area contributed by atoms with Gasteiger partial charge in [-0.2, -0.15) is 0 Å². The van der Waals surface area contributed by atoms with Crippen molar-refractivity contribution in [3.63, 3.8) is 0 Å². The van der Waals surface area contributed by atoms with Crippen molar-refractivity contribution in [1.82, 2.24) is 9.97 Å². The van der Waals surface area contributed by atoms with E-state index in [0.29, 0.717) is 5.56 Å². The number of hydrogen-bond acceptors (Lipinski definition) is 4. The zero-order valence-corrected chi connectivity index (χ0v) is 15.1. The van der Waals surface area contributed by atoms with Crippen LogP contribution in [0.1, 0.15) is 54.1 Å². The van der Waals surface area contributed by atoms with Crippen molar-refractivity contribution in [1.29, 1.82) is 0 Å². The van der Waals surface area contributed by atoms with E-state index in [0.717, 1.165) is 28.7 Å². The van der Waals surface area contributed by atoms with E-state index in [-0.39, 0.29) is 11.8 Å². The standard InChI is InChI=1S/C18H23N3OS/c1-6-13-7-9-14(10-8-13)20-17(22)15-12(4)19-16(11(2)3)21-18(15)23-5/h7-11H,6H2,1-5H3,(H,20,22). The third-order valence-corrected chi connectivity index (χ3v) is 4.31. The number of benzene rings is 1. The van der Waals surface area contributed by atoms with E-state index in [9.17, 15) is 4.79 Å². The number of aryl methyl sites for hydroxylation is 2. The molecule has 4 nitrogen and oxygen atoms in total. The molecule has 0 spiro atoms. The molecule has 5 heteroatoms. The van der Waals surface area contributed by atoms with Crippen molar-refractivity contribution >= 4 is 23.4 Å². The van der Waals surface area contributed by atoms with Crippen LogP contribution in [0.3, 0.4) is 0 Å². The maximum atomic E-state index is 12.6. The van der Waals surface area contributed by atoms with Crippen LogP contribution in [0.15, 0.2) is 29.3 Å². The molecule has 0 radical (unpaired) electrons. The number of nitrogens with zero attached hydrogens (tertiary/aromatic N) is 2. The Morgan fingerprint density at radius 3 is 2.39 bits per heavy atom. The molecule has 0 unspecified atom stereocenters. The number of anilines is 1. The molecule has 0 saturated heterocycles. The monoisotopic (exact) mass is 329 g/mol. The van der Waals surface area contributed by atoms with Gasteiger partial charge in [0, 0.05) is 11.6 Å². The Labute approximate surface area is 142 Å². The van der Waals surface area contributed by atoms with Crippen molar-refractivity contribution in [3.05, 3.63) is 46.9 Å². The summed E-state index contributed by atoms with van der Waals surface area (Å²) in [6, 6.07) is 7.90. The van der Waals surface area contributed by atoms with E-state index in [4.69, 9.17) is 0 Å². The second-order valence-corrected chi connectivity index (χ2v) is 6.51. The lowest BCUT2D eigenvalue weighted by atomic mass is 10.1. The Bertz CT molecular complexity index is 696. The number of hydrogen-bond donors (Lipinski definition) is 1. The van der Waals surface area contributed by atoms with Gasteiger partial charge in [0.2, 0.25) is 0 Å². The first-order valence-corrected chi connectivity index (χ1v) is 9.01. The van der Waals surface area contributed by atoms with Crippen molar-refractivity contribution in [2.24, 2.45) is 0 Å². The summed E-state index contributed by atoms with van der Waals surface area (Å²) in [5, 5.41) is 3.67. The number of nitrogens with one attached hydrogen (secondary N) is 1. The predicted octanol–water partition coefficient (Wildman–Crippen LogP) is 4.45. The summed E-state index contributed by atoms with van der Waals surface area (Å²) in [7, 11) is 0. The van der Waals surface area contributed by atoms with Gasteiger partial charge in [-0.25, -0.2) is 9.97 Å². The average Bonchev–Trinajstić information content (AvgIpc) is 2.54. The second-order valence-electron chi connectivity index (χ2n) is 5.71. The predicted molar refractivity (Wildman–Crippen MR) is 96.4 cm³/mol. The smallest absolute Gasteiger partial charge is 0.260 e. The van der Waals surface area contributed by atoms with Crippen LogP contribution >= 0.6 is 11.8 Å². The van der Waals surface area contributed by atoms with Gasteiger partial charge < -0.3 is 5.32 Å². The maximum Gasteiger partial charge on any atom is 0.260 e. The molecule has 2 aromatic rings. The molecule has 0 aliphatic rings. The Kier molecular flexibility index (Phi) is 5.77. The molecule has 23 heavy (non-hydrogen) atoms. The fraction of sp³-hybridized carbons (Fsp3) is 0.389. The Morgan fingerprint density at radius 2 is 1.87 bits per heavy atom. The van der Waals surface area contributed by atoms with Crippen LogP contribution in [0.2, 0.25) is 0 Å². The van der Waals surface area contributed by atoms with Gasteiger partial charge in [-0.05, 0) is 37.3 Å². The fourth-order valence-electron chi connectivity index (χ4n) is 2.25. The Balaban J connectivity index is 2.30. The summed E-state index contributed by atoms with van der Waals surface area (Å²) < 4.78 is 0. The van der Waals surface area contributed by atoms with Gasteiger partial charge in [0.25, 0.3) is 5.91 Å². The van der Waals surface area contributed by atoms with Crippen LogP contribution in [-0.2, 0) is 6.42 Å². The summed E-state index contributed by atoms with van der Waals surface area (Å²) >= 11 is 1.47. The van der Waals surface area contributed by atoms with Crippen LogP contribution in [0.4, 0.5) is 5.69 Å². The van der Waals surface area contributed by atoms with Gasteiger partial charge in [-0.3, -0.25) is 4.79 Å². The van der Waals surface area contributed by atoms with Crippen molar-refractivity contribution in [3.8, 4) is 0 Å². The van der Waals surface area contributed by atoms with Crippen molar-refractivity contribution in [2.45, 2.75) is 45.1 Å². The van der Waals surface area contributed by atoms with Gasteiger partial charge in [-0.1, -0.05) is 32.9 Å². The molecular formula is C18H23N3OS. The number of carbonyl (C=O) groups is 1. The summed E-state index contributed by atoms with van der Waals surface area (Å²) in [5.41, 5.74) is 3.30. The minimum absolute atomic E-state index is 0.161. The van der Waals surface area contributed by atoms with E-state index >= 15 is 0 Å². The SMILES string of the molecule is CCc1ccc(NC(=O)c2c(C)nc(C(C)C)nc2SC)cc1. The number of thioether (sulfide) groups is 1. The quantitative estimate of drug-likeness (QED) is 0.650. The highest BCUT2D eigenvalue weighted by Crippen LogP contribution is 2.24. The van der Waals surface area contributed by atoms with Crippen molar-refractivity contribution in [2.75, 3.05) is 11.6 Å². The van der Waals surface area contributed by atoms with Crippen LogP contribution in [0.25, 0.3) is 0 Å². The molecular weight excluding hydrogens is 306 g/mol. The first kappa shape index (κ1) is 17.5. The number of aromatic nitrogens is 2. The summed E-state index contributed by atoms with van der Waals surface area (Å²) in [6.45, 7) is 8.07. The summed E-state index contributed by atoms with van der Waals surface area (Å²) in [6.07, 6.45) is 2.91. The highest BCUT2D eigenvalue weighted by atomic mass is 32.2. The van der Waals surface area contributed by atoms with Crippen LogP contribution in [0, 0.1) is 6.92 Å². The zero-order valence-electron chi connectivity index (χ0n) is 14.3. The molecule has 0 aliphatic carbocycles. The van der Waals surface area contributed by atoms with E-state index < -0.39 is 0 Å². The first-order valence-electron chi connectivity index (χ1n) is 7.79. The van der Waals surface area contributed by atoms with Gasteiger partial charge in [-0.15, -0.1) is 11.8 Å². The third-order valence-electron chi connectivity index (χ3n) is 3.63. The molecule has 0 bridgehead atoms. The van der Waals surface area contributed by atoms with E-state index in [2.05, 4.69) is 22.2 Å². The topological polar surface area (TPSA) is 54.9 Å². The molecule has 1 aromatic carbocycles. The average molecular weight is 329 g/mol. The minimum Gasteiger partial charge on any atom is -0.322 e. The number of carbonyl (C=O) groups excluding carboxylic acids is 1. The number of rotatable bonds is 5. The highest BCUT2D eigenvalue weighted by Gasteiger charge is 2.19. The molecule has 1 aromatic heterocycles. The molecule has 1 amide bonds. The lowest BCUT2D eigenvalue weighted by molar-refractivity contribution is 0.102. The largest absolute Gasteiger partial charge is 0.322 e. The van der Waals surface area contributed by atoms with Gasteiger partial charge in [0.1, 0.15) is 10.9 Å². The summed E-state index contributed by atoms with van der Waals surface area (Å²) in [4.78, 5) is 21.7. The number of amides is 1. The molecule has 0 fully saturated rings. The normalized spacial score (nSPS) is 10.9. The highest BCUT2D eigenvalue weighted by molar-refractivity contribution is 7.98. The Hall–Kier alpha value is -1.88. The van der Waals surface area contributed by atoms with Crippen LogP contribution < -0.4 is 5.32 Å².